The molecule has 0 saturated heterocycles. The lowest BCUT2D eigenvalue weighted by Crippen LogP contribution is -1.94. The van der Waals surface area contributed by atoms with Crippen LogP contribution >= 0.6 is 15.9 Å². The Morgan fingerprint density at radius 2 is 1.70 bits per heavy atom. The van der Waals surface area contributed by atoms with Crippen LogP contribution in [-0.2, 0) is 0 Å². The lowest BCUT2D eigenvalue weighted by Gasteiger charge is -2.11. The van der Waals surface area contributed by atoms with E-state index in [2.05, 4.69) is 60.1 Å². The zero-order valence-electron chi connectivity index (χ0n) is 11.9. The maximum atomic E-state index is 5.87. The molecule has 20 heavy (non-hydrogen) atoms. The van der Waals surface area contributed by atoms with Crippen LogP contribution in [0, 0.1) is 5.92 Å². The van der Waals surface area contributed by atoms with Gasteiger partial charge in [-0.05, 0) is 42.5 Å². The monoisotopic (exact) mass is 330 g/mol. The topological polar surface area (TPSA) is 13.1 Å². The second-order valence-corrected chi connectivity index (χ2v) is 6.90. The molecule has 2 aromatic carbocycles. The summed E-state index contributed by atoms with van der Waals surface area (Å²) in [6.07, 6.45) is 2.40. The average molecular weight is 331 g/mol. The summed E-state index contributed by atoms with van der Waals surface area (Å²) in [5.41, 5.74) is 3.27. The number of alkyl halides is 1. The normalized spacial score (nSPS) is 13.4. The molecule has 3 rings (SSSR count). The number of hydrogen-bond donors (Lipinski definition) is 0. The summed E-state index contributed by atoms with van der Waals surface area (Å²) in [5, 5.41) is 2.42. The van der Waals surface area contributed by atoms with E-state index in [0.717, 1.165) is 17.1 Å². The van der Waals surface area contributed by atoms with Crippen molar-refractivity contribution in [3.63, 3.8) is 0 Å². The SMILES string of the molecule is CC(C)CCC(Br)c1ccc2oc3ccccc3c2c1. The highest BCUT2D eigenvalue weighted by molar-refractivity contribution is 9.09. The van der Waals surface area contributed by atoms with Gasteiger partial charge >= 0.3 is 0 Å². The Kier molecular flexibility index (Phi) is 3.84. The summed E-state index contributed by atoms with van der Waals surface area (Å²) in [6.45, 7) is 4.54. The molecule has 0 bridgehead atoms. The van der Waals surface area contributed by atoms with Gasteiger partial charge < -0.3 is 4.42 Å². The number of hydrogen-bond acceptors (Lipinski definition) is 1. The van der Waals surface area contributed by atoms with Crippen LogP contribution in [0.3, 0.4) is 0 Å². The summed E-state index contributed by atoms with van der Waals surface area (Å²) in [4.78, 5) is 0.419. The van der Waals surface area contributed by atoms with Crippen LogP contribution in [0.5, 0.6) is 0 Å². The predicted molar refractivity (Wildman–Crippen MR) is 89.5 cm³/mol. The van der Waals surface area contributed by atoms with Crippen LogP contribution in [0.2, 0.25) is 0 Å². The number of benzene rings is 2. The van der Waals surface area contributed by atoms with Crippen LogP contribution < -0.4 is 0 Å². The van der Waals surface area contributed by atoms with Crippen molar-refractivity contribution >= 4 is 37.9 Å². The predicted octanol–water partition coefficient (Wildman–Crippen LogP) is 6.46. The fourth-order valence-corrected chi connectivity index (χ4v) is 3.13. The Labute approximate surface area is 128 Å². The Morgan fingerprint density at radius 3 is 2.50 bits per heavy atom. The molecular formula is C18H19BrO. The second-order valence-electron chi connectivity index (χ2n) is 5.79. The first-order chi connectivity index (χ1) is 9.65. The molecule has 0 aliphatic heterocycles. The second kappa shape index (κ2) is 5.61. The van der Waals surface area contributed by atoms with Gasteiger partial charge in [0.25, 0.3) is 0 Å². The first kappa shape index (κ1) is 13.7. The van der Waals surface area contributed by atoms with E-state index in [1.54, 1.807) is 0 Å². The van der Waals surface area contributed by atoms with E-state index in [9.17, 15) is 0 Å². The van der Waals surface area contributed by atoms with Gasteiger partial charge in [-0.2, -0.15) is 0 Å². The van der Waals surface area contributed by atoms with E-state index in [4.69, 9.17) is 4.42 Å². The first-order valence-corrected chi connectivity index (χ1v) is 8.12. The minimum Gasteiger partial charge on any atom is -0.456 e. The molecule has 104 valence electrons. The number of furan rings is 1. The van der Waals surface area contributed by atoms with Gasteiger partial charge in [0.15, 0.2) is 0 Å². The van der Waals surface area contributed by atoms with Crippen molar-refractivity contribution in [1.29, 1.82) is 0 Å². The number of para-hydroxylation sites is 1. The molecule has 3 aromatic rings. The molecule has 0 saturated carbocycles. The lowest BCUT2D eigenvalue weighted by atomic mass is 10.0. The molecule has 0 aliphatic carbocycles. The van der Waals surface area contributed by atoms with Gasteiger partial charge in [0.2, 0.25) is 0 Å². The molecule has 0 radical (unpaired) electrons. The zero-order chi connectivity index (χ0) is 14.1. The summed E-state index contributed by atoms with van der Waals surface area (Å²) < 4.78 is 5.87. The molecule has 0 spiro atoms. The van der Waals surface area contributed by atoms with E-state index < -0.39 is 0 Å². The highest BCUT2D eigenvalue weighted by atomic mass is 79.9. The van der Waals surface area contributed by atoms with E-state index in [1.165, 1.54) is 29.2 Å². The van der Waals surface area contributed by atoms with Gasteiger partial charge in [0, 0.05) is 15.6 Å². The highest BCUT2D eigenvalue weighted by Crippen LogP contribution is 2.34. The minimum absolute atomic E-state index is 0.419. The summed E-state index contributed by atoms with van der Waals surface area (Å²) in [6, 6.07) is 14.8. The largest absolute Gasteiger partial charge is 0.456 e. The lowest BCUT2D eigenvalue weighted by molar-refractivity contribution is 0.554. The van der Waals surface area contributed by atoms with Crippen molar-refractivity contribution in [3.8, 4) is 0 Å². The van der Waals surface area contributed by atoms with Crippen molar-refractivity contribution in [3.05, 3.63) is 48.0 Å². The van der Waals surface area contributed by atoms with Crippen LogP contribution in [-0.4, -0.2) is 0 Å². The molecule has 1 nitrogen and oxygen atoms in total. The van der Waals surface area contributed by atoms with Crippen LogP contribution in [0.15, 0.2) is 46.9 Å². The van der Waals surface area contributed by atoms with Crippen molar-refractivity contribution < 1.29 is 4.42 Å². The van der Waals surface area contributed by atoms with Gasteiger partial charge in [0.05, 0.1) is 0 Å². The Morgan fingerprint density at radius 1 is 0.950 bits per heavy atom. The third-order valence-electron chi connectivity index (χ3n) is 3.76. The van der Waals surface area contributed by atoms with E-state index in [-0.39, 0.29) is 0 Å². The van der Waals surface area contributed by atoms with Crippen molar-refractivity contribution in [2.75, 3.05) is 0 Å². The molecule has 0 N–H and O–H groups in total. The van der Waals surface area contributed by atoms with Crippen LogP contribution in [0.4, 0.5) is 0 Å². The van der Waals surface area contributed by atoms with Gasteiger partial charge in [-0.15, -0.1) is 0 Å². The molecule has 2 heteroatoms. The van der Waals surface area contributed by atoms with Crippen molar-refractivity contribution in [2.24, 2.45) is 5.92 Å². The molecule has 0 aliphatic rings. The van der Waals surface area contributed by atoms with E-state index >= 15 is 0 Å². The molecule has 0 fully saturated rings. The Balaban J connectivity index is 1.99. The fourth-order valence-electron chi connectivity index (χ4n) is 2.58. The van der Waals surface area contributed by atoms with Crippen molar-refractivity contribution in [2.45, 2.75) is 31.5 Å². The molecule has 1 atom stereocenters. The number of rotatable bonds is 4. The highest BCUT2D eigenvalue weighted by Gasteiger charge is 2.12. The first-order valence-electron chi connectivity index (χ1n) is 7.20. The standard InChI is InChI=1S/C18H19BrO/c1-12(2)7-9-16(19)13-8-10-18-15(11-13)14-5-3-4-6-17(14)20-18/h3-6,8,10-12,16H,7,9H2,1-2H3. The number of halogens is 1. The molecule has 1 unspecified atom stereocenters. The van der Waals surface area contributed by atoms with E-state index in [1.807, 2.05) is 12.1 Å². The summed E-state index contributed by atoms with van der Waals surface area (Å²) in [5.74, 6) is 0.744. The quantitative estimate of drug-likeness (QED) is 0.500. The third kappa shape index (κ3) is 2.62. The molecule has 1 heterocycles. The number of fused-ring (bicyclic) bond motifs is 3. The maximum absolute atomic E-state index is 5.87. The summed E-state index contributed by atoms with van der Waals surface area (Å²) in [7, 11) is 0. The van der Waals surface area contributed by atoms with Gasteiger partial charge in [0.1, 0.15) is 11.2 Å². The fraction of sp³-hybridized carbons (Fsp3) is 0.333. The van der Waals surface area contributed by atoms with E-state index in [0.29, 0.717) is 4.83 Å². The molecule has 1 aromatic heterocycles. The van der Waals surface area contributed by atoms with Gasteiger partial charge in [-0.3, -0.25) is 0 Å². The Hall–Kier alpha value is -1.28. The zero-order valence-corrected chi connectivity index (χ0v) is 13.5. The summed E-state index contributed by atoms with van der Waals surface area (Å²) >= 11 is 3.82. The van der Waals surface area contributed by atoms with Crippen LogP contribution in [0.1, 0.15) is 37.1 Å². The minimum atomic E-state index is 0.419. The Bertz CT molecular complexity index is 726. The van der Waals surface area contributed by atoms with Gasteiger partial charge in [-0.25, -0.2) is 0 Å². The average Bonchev–Trinajstić information content (AvgIpc) is 2.82. The van der Waals surface area contributed by atoms with Gasteiger partial charge in [-0.1, -0.05) is 54.0 Å². The smallest absolute Gasteiger partial charge is 0.135 e. The molecular weight excluding hydrogens is 312 g/mol. The third-order valence-corrected chi connectivity index (χ3v) is 4.75. The molecule has 0 amide bonds. The van der Waals surface area contributed by atoms with Crippen LogP contribution in [0.25, 0.3) is 21.9 Å². The van der Waals surface area contributed by atoms with Crippen molar-refractivity contribution in [1.82, 2.24) is 0 Å². The maximum Gasteiger partial charge on any atom is 0.135 e.